The molecule has 0 aliphatic heterocycles. The second-order valence-corrected chi connectivity index (χ2v) is 6.02. The molecule has 1 aromatic carbocycles. The van der Waals surface area contributed by atoms with Crippen LogP contribution in [0.5, 0.6) is 0 Å². The molecule has 3 N–H and O–H groups in total. The molecular formula is C16H17N3OS. The summed E-state index contributed by atoms with van der Waals surface area (Å²) >= 11 is 5.09. The topological polar surface area (TPSA) is 68.0 Å². The third-order valence-electron chi connectivity index (χ3n) is 4.22. The van der Waals surface area contributed by atoms with Gasteiger partial charge in [-0.05, 0) is 31.9 Å². The van der Waals surface area contributed by atoms with Crippen LogP contribution >= 0.6 is 12.2 Å². The van der Waals surface area contributed by atoms with E-state index >= 15 is 0 Å². The normalized spacial score (nSPS) is 16.2. The van der Waals surface area contributed by atoms with Gasteiger partial charge in [-0.2, -0.15) is 0 Å². The third-order valence-corrected chi connectivity index (χ3v) is 4.61. The van der Waals surface area contributed by atoms with E-state index in [4.69, 9.17) is 18.0 Å². The van der Waals surface area contributed by atoms with Gasteiger partial charge in [0.1, 0.15) is 0 Å². The predicted octanol–water partition coefficient (Wildman–Crippen LogP) is 2.94. The average Bonchev–Trinajstić information content (AvgIpc) is 2.37. The fourth-order valence-corrected chi connectivity index (χ4v) is 3.00. The molecule has 0 atom stereocenters. The van der Waals surface area contributed by atoms with Crippen LogP contribution < -0.4 is 11.1 Å². The van der Waals surface area contributed by atoms with Gasteiger partial charge in [0.05, 0.1) is 21.6 Å². The zero-order valence-electron chi connectivity index (χ0n) is 11.8. The minimum atomic E-state index is -0.679. The lowest BCUT2D eigenvalue weighted by Gasteiger charge is -2.39. The molecule has 1 aliphatic carbocycles. The summed E-state index contributed by atoms with van der Waals surface area (Å²) in [6.45, 7) is 1.93. The lowest BCUT2D eigenvalue weighted by atomic mass is 9.68. The molecule has 0 unspecified atom stereocenters. The maximum Gasteiger partial charge on any atom is 0.237 e. The highest BCUT2D eigenvalue weighted by Gasteiger charge is 2.47. The van der Waals surface area contributed by atoms with Crippen molar-refractivity contribution >= 4 is 39.7 Å². The minimum absolute atomic E-state index is 0.114. The van der Waals surface area contributed by atoms with Crippen LogP contribution in [0.2, 0.25) is 0 Å². The van der Waals surface area contributed by atoms with Gasteiger partial charge in [-0.3, -0.25) is 9.78 Å². The number of carbonyl (C=O) groups excluding carboxylic acids is 1. The lowest BCUT2D eigenvalue weighted by Crippen LogP contribution is -2.50. The van der Waals surface area contributed by atoms with Gasteiger partial charge in [-0.25, -0.2) is 0 Å². The van der Waals surface area contributed by atoms with E-state index in [0.29, 0.717) is 5.69 Å². The van der Waals surface area contributed by atoms with E-state index in [1.165, 1.54) is 0 Å². The molecule has 1 heterocycles. The Morgan fingerprint density at radius 3 is 2.71 bits per heavy atom. The number of carbonyl (C=O) groups is 1. The molecule has 2 aromatic rings. The molecular weight excluding hydrogens is 282 g/mol. The summed E-state index contributed by atoms with van der Waals surface area (Å²) in [5.74, 6) is -0.114. The van der Waals surface area contributed by atoms with Crippen molar-refractivity contribution in [3.05, 3.63) is 36.0 Å². The van der Waals surface area contributed by atoms with Crippen LogP contribution in [-0.4, -0.2) is 15.9 Å². The number of fused-ring (bicyclic) bond motifs is 1. The first-order valence-electron chi connectivity index (χ1n) is 7.01. The Bertz CT molecular complexity index is 737. The number of hydrogen-bond donors (Lipinski definition) is 2. The number of amides is 1. The van der Waals surface area contributed by atoms with Gasteiger partial charge >= 0.3 is 0 Å². The van der Waals surface area contributed by atoms with Crippen molar-refractivity contribution in [2.75, 3.05) is 5.32 Å². The molecule has 0 radical (unpaired) electrons. The van der Waals surface area contributed by atoms with Crippen LogP contribution in [0.25, 0.3) is 10.9 Å². The second-order valence-electron chi connectivity index (χ2n) is 5.58. The molecule has 0 bridgehead atoms. The summed E-state index contributed by atoms with van der Waals surface area (Å²) in [5.41, 5.74) is 7.52. The van der Waals surface area contributed by atoms with Crippen molar-refractivity contribution in [2.45, 2.75) is 26.2 Å². The number of hydrogen-bond acceptors (Lipinski definition) is 3. The number of para-hydroxylation sites is 1. The summed E-state index contributed by atoms with van der Waals surface area (Å²) in [7, 11) is 0. The smallest absolute Gasteiger partial charge is 0.237 e. The van der Waals surface area contributed by atoms with E-state index in [1.54, 1.807) is 0 Å². The molecule has 5 heteroatoms. The highest BCUT2D eigenvalue weighted by molar-refractivity contribution is 7.80. The van der Waals surface area contributed by atoms with E-state index in [0.717, 1.165) is 35.9 Å². The van der Waals surface area contributed by atoms with Crippen LogP contribution in [0.4, 0.5) is 5.69 Å². The minimum Gasteiger partial charge on any atom is -0.392 e. The van der Waals surface area contributed by atoms with Crippen molar-refractivity contribution in [1.82, 2.24) is 4.98 Å². The summed E-state index contributed by atoms with van der Waals surface area (Å²) in [5, 5.41) is 3.96. The van der Waals surface area contributed by atoms with Crippen LogP contribution in [0.1, 0.15) is 25.0 Å². The second kappa shape index (κ2) is 5.07. The number of aromatic nitrogens is 1. The Labute approximate surface area is 128 Å². The first kappa shape index (κ1) is 13.9. The predicted molar refractivity (Wildman–Crippen MR) is 88.2 cm³/mol. The van der Waals surface area contributed by atoms with E-state index < -0.39 is 5.41 Å². The number of anilines is 1. The maximum atomic E-state index is 12.6. The Morgan fingerprint density at radius 2 is 2.10 bits per heavy atom. The maximum absolute atomic E-state index is 12.6. The Hall–Kier alpha value is -2.01. The molecule has 1 aliphatic rings. The van der Waals surface area contributed by atoms with Crippen molar-refractivity contribution in [3.8, 4) is 0 Å². The Balaban J connectivity index is 1.97. The number of thiocarbonyl (C=S) groups is 1. The lowest BCUT2D eigenvalue weighted by molar-refractivity contribution is -0.125. The number of nitrogens with zero attached hydrogens (tertiary/aromatic N) is 1. The zero-order chi connectivity index (χ0) is 15.0. The number of nitrogens with one attached hydrogen (secondary N) is 1. The molecule has 108 valence electrons. The molecule has 21 heavy (non-hydrogen) atoms. The molecule has 4 nitrogen and oxygen atoms in total. The summed E-state index contributed by atoms with van der Waals surface area (Å²) in [6, 6.07) is 9.70. The van der Waals surface area contributed by atoms with Crippen molar-refractivity contribution in [2.24, 2.45) is 11.1 Å². The Kier molecular flexibility index (Phi) is 3.37. The molecule has 3 rings (SSSR count). The van der Waals surface area contributed by atoms with E-state index in [1.807, 2.05) is 37.3 Å². The molecule has 1 aromatic heterocycles. The zero-order valence-corrected chi connectivity index (χ0v) is 12.7. The molecule has 1 saturated carbocycles. The number of rotatable bonds is 3. The molecule has 0 spiro atoms. The highest BCUT2D eigenvalue weighted by Crippen LogP contribution is 2.42. The van der Waals surface area contributed by atoms with E-state index in [9.17, 15) is 4.79 Å². The first-order chi connectivity index (χ1) is 10.0. The van der Waals surface area contributed by atoms with Crippen molar-refractivity contribution < 1.29 is 4.79 Å². The monoisotopic (exact) mass is 299 g/mol. The van der Waals surface area contributed by atoms with E-state index in [-0.39, 0.29) is 10.9 Å². The van der Waals surface area contributed by atoms with Gasteiger partial charge in [0.25, 0.3) is 0 Å². The number of pyridine rings is 1. The molecule has 1 amide bonds. The van der Waals surface area contributed by atoms with Crippen LogP contribution in [0.15, 0.2) is 30.3 Å². The fraction of sp³-hybridized carbons (Fsp3) is 0.312. The number of benzene rings is 1. The summed E-state index contributed by atoms with van der Waals surface area (Å²) in [6.07, 6.45) is 2.44. The number of aryl methyl sites for hydroxylation is 1. The van der Waals surface area contributed by atoms with Gasteiger partial charge in [-0.15, -0.1) is 0 Å². The largest absolute Gasteiger partial charge is 0.392 e. The first-order valence-corrected chi connectivity index (χ1v) is 7.41. The molecule has 0 saturated heterocycles. The standard InChI is InChI=1S/C16H17N3OS/c1-10-6-7-11-4-2-5-12(13(11)18-10)19-15(20)16(14(17)21)8-3-9-16/h2,4-7H,3,8-9H2,1H3,(H2,17,21)(H,19,20). The molecule has 1 fully saturated rings. The number of nitrogens with two attached hydrogens (primary N) is 1. The van der Waals surface area contributed by atoms with Crippen LogP contribution in [0, 0.1) is 12.3 Å². The average molecular weight is 299 g/mol. The van der Waals surface area contributed by atoms with Crippen LogP contribution in [-0.2, 0) is 4.79 Å². The van der Waals surface area contributed by atoms with Gasteiger partial charge in [0.2, 0.25) is 5.91 Å². The van der Waals surface area contributed by atoms with Crippen molar-refractivity contribution in [3.63, 3.8) is 0 Å². The van der Waals surface area contributed by atoms with E-state index in [2.05, 4.69) is 10.3 Å². The third kappa shape index (κ3) is 2.27. The SMILES string of the molecule is Cc1ccc2cccc(NC(=O)C3(C(N)=S)CCC3)c2n1. The quantitative estimate of drug-likeness (QED) is 0.855. The fourth-order valence-electron chi connectivity index (χ4n) is 2.70. The van der Waals surface area contributed by atoms with Gasteiger partial charge in [0.15, 0.2) is 0 Å². The van der Waals surface area contributed by atoms with Crippen molar-refractivity contribution in [1.29, 1.82) is 0 Å². The van der Waals surface area contributed by atoms with Gasteiger partial charge in [0, 0.05) is 11.1 Å². The Morgan fingerprint density at radius 1 is 1.33 bits per heavy atom. The highest BCUT2D eigenvalue weighted by atomic mass is 32.1. The van der Waals surface area contributed by atoms with Gasteiger partial charge in [-0.1, -0.05) is 36.8 Å². The summed E-state index contributed by atoms with van der Waals surface area (Å²) < 4.78 is 0. The van der Waals surface area contributed by atoms with Gasteiger partial charge < -0.3 is 11.1 Å². The van der Waals surface area contributed by atoms with Crippen LogP contribution in [0.3, 0.4) is 0 Å². The summed E-state index contributed by atoms with van der Waals surface area (Å²) in [4.78, 5) is 17.4.